The maximum Gasteiger partial charge on any atom is 0.358 e. The van der Waals surface area contributed by atoms with E-state index in [1.165, 1.54) is 16.8 Å². The van der Waals surface area contributed by atoms with Crippen molar-refractivity contribution in [2.45, 2.75) is 19.9 Å². The van der Waals surface area contributed by atoms with E-state index in [2.05, 4.69) is 10.3 Å². The van der Waals surface area contributed by atoms with Crippen molar-refractivity contribution in [3.63, 3.8) is 0 Å². The van der Waals surface area contributed by atoms with E-state index in [4.69, 9.17) is 5.11 Å². The second-order valence-electron chi connectivity index (χ2n) is 3.81. The standard InChI is InChI=1S/C12H12FN3O2/c1-2-16-10(11(12(17)18)14-15-16)7-8-3-5-9(13)6-4-8/h3-6H,2,7H2,1H3,(H,17,18). The Morgan fingerprint density at radius 1 is 1.39 bits per heavy atom. The van der Waals surface area contributed by atoms with E-state index in [0.29, 0.717) is 18.7 Å². The zero-order valence-corrected chi connectivity index (χ0v) is 9.80. The highest BCUT2D eigenvalue weighted by atomic mass is 19.1. The molecule has 0 unspecified atom stereocenters. The minimum atomic E-state index is -1.10. The number of nitrogens with zero attached hydrogens (tertiary/aromatic N) is 3. The summed E-state index contributed by atoms with van der Waals surface area (Å²) in [7, 11) is 0. The molecule has 0 fully saturated rings. The molecule has 18 heavy (non-hydrogen) atoms. The molecule has 0 aliphatic heterocycles. The second kappa shape index (κ2) is 4.95. The summed E-state index contributed by atoms with van der Waals surface area (Å²) in [5, 5.41) is 16.4. The number of benzene rings is 1. The van der Waals surface area contributed by atoms with Crippen LogP contribution in [0.3, 0.4) is 0 Å². The molecular weight excluding hydrogens is 237 g/mol. The molecule has 94 valence electrons. The SMILES string of the molecule is CCn1nnc(C(=O)O)c1Cc1ccc(F)cc1. The lowest BCUT2D eigenvalue weighted by Crippen LogP contribution is -2.08. The second-order valence-corrected chi connectivity index (χ2v) is 3.81. The minimum Gasteiger partial charge on any atom is -0.476 e. The van der Waals surface area contributed by atoms with Crippen LogP contribution >= 0.6 is 0 Å². The Morgan fingerprint density at radius 2 is 2.06 bits per heavy atom. The summed E-state index contributed by atoms with van der Waals surface area (Å²) in [6.07, 6.45) is 0.364. The molecule has 0 saturated carbocycles. The number of hydrogen-bond acceptors (Lipinski definition) is 3. The first-order chi connectivity index (χ1) is 8.61. The molecule has 1 N–H and O–H groups in total. The lowest BCUT2D eigenvalue weighted by Gasteiger charge is -2.04. The van der Waals surface area contributed by atoms with Gasteiger partial charge in [0.2, 0.25) is 0 Å². The first-order valence-corrected chi connectivity index (χ1v) is 5.52. The molecule has 1 aromatic carbocycles. The molecule has 0 amide bonds. The van der Waals surface area contributed by atoms with Crippen LogP contribution in [0.4, 0.5) is 4.39 Å². The van der Waals surface area contributed by atoms with Gasteiger partial charge in [0.25, 0.3) is 0 Å². The average Bonchev–Trinajstić information content (AvgIpc) is 2.75. The fourth-order valence-electron chi connectivity index (χ4n) is 1.72. The van der Waals surface area contributed by atoms with Gasteiger partial charge in [-0.25, -0.2) is 13.9 Å². The number of aromatic nitrogens is 3. The van der Waals surface area contributed by atoms with E-state index in [9.17, 15) is 9.18 Å². The lowest BCUT2D eigenvalue weighted by molar-refractivity contribution is 0.0689. The molecule has 0 saturated heterocycles. The number of aryl methyl sites for hydroxylation is 1. The van der Waals surface area contributed by atoms with Crippen LogP contribution in [-0.2, 0) is 13.0 Å². The van der Waals surface area contributed by atoms with Gasteiger partial charge in [-0.3, -0.25) is 0 Å². The summed E-state index contributed by atoms with van der Waals surface area (Å²) in [6, 6.07) is 5.92. The number of carbonyl (C=O) groups is 1. The normalized spacial score (nSPS) is 10.6. The molecule has 0 aliphatic rings. The first kappa shape index (κ1) is 12.2. The van der Waals surface area contributed by atoms with Crippen molar-refractivity contribution in [2.75, 3.05) is 0 Å². The highest BCUT2D eigenvalue weighted by Crippen LogP contribution is 2.13. The summed E-state index contributed by atoms with van der Waals surface area (Å²) in [4.78, 5) is 11.0. The molecule has 2 aromatic rings. The maximum atomic E-state index is 12.8. The topological polar surface area (TPSA) is 68.0 Å². The molecule has 1 heterocycles. The maximum absolute atomic E-state index is 12.8. The Morgan fingerprint density at radius 3 is 2.61 bits per heavy atom. The van der Waals surface area contributed by atoms with Gasteiger partial charge in [0.15, 0.2) is 5.69 Å². The van der Waals surface area contributed by atoms with Crippen molar-refractivity contribution < 1.29 is 14.3 Å². The van der Waals surface area contributed by atoms with Crippen LogP contribution in [-0.4, -0.2) is 26.1 Å². The summed E-state index contributed by atoms with van der Waals surface area (Å²) in [5.74, 6) is -1.42. The molecule has 1 aromatic heterocycles. The number of carboxylic acids is 1. The van der Waals surface area contributed by atoms with Crippen LogP contribution in [0.1, 0.15) is 28.7 Å². The third kappa shape index (κ3) is 2.37. The Bertz CT molecular complexity index is 563. The Balaban J connectivity index is 2.35. The molecular formula is C12H12FN3O2. The quantitative estimate of drug-likeness (QED) is 0.895. The lowest BCUT2D eigenvalue weighted by atomic mass is 10.1. The van der Waals surface area contributed by atoms with E-state index in [1.807, 2.05) is 6.92 Å². The van der Waals surface area contributed by atoms with E-state index in [0.717, 1.165) is 5.56 Å². The van der Waals surface area contributed by atoms with Crippen molar-refractivity contribution in [3.8, 4) is 0 Å². The average molecular weight is 249 g/mol. The van der Waals surface area contributed by atoms with Crippen LogP contribution in [0.15, 0.2) is 24.3 Å². The first-order valence-electron chi connectivity index (χ1n) is 5.52. The van der Waals surface area contributed by atoms with Crippen molar-refractivity contribution in [1.29, 1.82) is 0 Å². The predicted octanol–water partition coefficient (Wildman–Crippen LogP) is 1.73. The predicted molar refractivity (Wildman–Crippen MR) is 61.9 cm³/mol. The van der Waals surface area contributed by atoms with Crippen LogP contribution < -0.4 is 0 Å². The van der Waals surface area contributed by atoms with Gasteiger partial charge in [0.05, 0.1) is 5.69 Å². The van der Waals surface area contributed by atoms with Gasteiger partial charge in [-0.15, -0.1) is 5.10 Å². The summed E-state index contributed by atoms with van der Waals surface area (Å²) in [5.41, 5.74) is 1.29. The number of hydrogen-bond donors (Lipinski definition) is 1. The molecule has 2 rings (SSSR count). The van der Waals surface area contributed by atoms with E-state index < -0.39 is 5.97 Å². The van der Waals surface area contributed by atoms with E-state index in [1.54, 1.807) is 12.1 Å². The van der Waals surface area contributed by atoms with Gasteiger partial charge in [-0.05, 0) is 24.6 Å². The molecule has 6 heteroatoms. The number of carboxylic acid groups (broad SMARTS) is 1. The zero-order valence-electron chi connectivity index (χ0n) is 9.80. The fourth-order valence-corrected chi connectivity index (χ4v) is 1.72. The summed E-state index contributed by atoms with van der Waals surface area (Å²) in [6.45, 7) is 2.39. The Hall–Kier alpha value is -2.24. The van der Waals surface area contributed by atoms with Crippen LogP contribution in [0.2, 0.25) is 0 Å². The Labute approximate surface area is 103 Å². The number of halogens is 1. The minimum absolute atomic E-state index is 0.0545. The summed E-state index contributed by atoms with van der Waals surface area (Å²) >= 11 is 0. The zero-order chi connectivity index (χ0) is 13.1. The summed E-state index contributed by atoms with van der Waals surface area (Å²) < 4.78 is 14.3. The highest BCUT2D eigenvalue weighted by Gasteiger charge is 2.18. The molecule has 0 spiro atoms. The number of rotatable bonds is 4. The molecule has 0 radical (unpaired) electrons. The van der Waals surface area contributed by atoms with Crippen molar-refractivity contribution in [1.82, 2.24) is 15.0 Å². The molecule has 0 atom stereocenters. The third-order valence-corrected chi connectivity index (χ3v) is 2.62. The number of aromatic carboxylic acids is 1. The molecule has 5 nitrogen and oxygen atoms in total. The highest BCUT2D eigenvalue weighted by molar-refractivity contribution is 5.86. The van der Waals surface area contributed by atoms with E-state index >= 15 is 0 Å². The Kier molecular flexibility index (Phi) is 3.36. The third-order valence-electron chi connectivity index (χ3n) is 2.62. The monoisotopic (exact) mass is 249 g/mol. The van der Waals surface area contributed by atoms with Gasteiger partial charge in [-0.1, -0.05) is 17.3 Å². The molecule has 0 aliphatic carbocycles. The smallest absolute Gasteiger partial charge is 0.358 e. The molecule has 0 bridgehead atoms. The van der Waals surface area contributed by atoms with Gasteiger partial charge in [-0.2, -0.15) is 0 Å². The van der Waals surface area contributed by atoms with E-state index in [-0.39, 0.29) is 11.5 Å². The van der Waals surface area contributed by atoms with Crippen LogP contribution in [0.25, 0.3) is 0 Å². The van der Waals surface area contributed by atoms with Crippen LogP contribution in [0, 0.1) is 5.82 Å². The van der Waals surface area contributed by atoms with Gasteiger partial charge in [0, 0.05) is 13.0 Å². The van der Waals surface area contributed by atoms with Crippen molar-refractivity contribution >= 4 is 5.97 Å². The van der Waals surface area contributed by atoms with Crippen molar-refractivity contribution in [2.24, 2.45) is 0 Å². The van der Waals surface area contributed by atoms with Crippen LogP contribution in [0.5, 0.6) is 0 Å². The van der Waals surface area contributed by atoms with Gasteiger partial charge in [0.1, 0.15) is 5.82 Å². The van der Waals surface area contributed by atoms with Gasteiger partial charge >= 0.3 is 5.97 Å². The van der Waals surface area contributed by atoms with Gasteiger partial charge < -0.3 is 5.11 Å². The van der Waals surface area contributed by atoms with Crippen molar-refractivity contribution in [3.05, 3.63) is 47.0 Å². The largest absolute Gasteiger partial charge is 0.476 e. The fraction of sp³-hybridized carbons (Fsp3) is 0.250.